The number of benzene rings is 2. The molecular weight excluding hydrogens is 390 g/mol. The molecule has 1 unspecified atom stereocenters. The van der Waals surface area contributed by atoms with E-state index in [2.05, 4.69) is 90.4 Å². The summed E-state index contributed by atoms with van der Waals surface area (Å²) in [7, 11) is -3.67. The molecule has 0 aliphatic carbocycles. The Morgan fingerprint density at radius 1 is 0.897 bits per heavy atom. The summed E-state index contributed by atoms with van der Waals surface area (Å²) in [5.41, 5.74) is 1.71. The van der Waals surface area contributed by atoms with Crippen LogP contribution in [-0.4, -0.2) is 27.2 Å². The van der Waals surface area contributed by atoms with Crippen LogP contribution in [0, 0.1) is 0 Å². The molecule has 1 amide bonds. The van der Waals surface area contributed by atoms with Gasteiger partial charge in [-0.15, -0.1) is 0 Å². The summed E-state index contributed by atoms with van der Waals surface area (Å²) in [5.74, 6) is 0.0904. The van der Waals surface area contributed by atoms with Crippen LogP contribution < -0.4 is 5.19 Å². The van der Waals surface area contributed by atoms with E-state index < -0.39 is 27.7 Å². The summed E-state index contributed by atoms with van der Waals surface area (Å²) in [5, 5.41) is 1.22. The molecule has 0 fully saturated rings. The van der Waals surface area contributed by atoms with Gasteiger partial charge in [-0.3, -0.25) is 9.69 Å². The third kappa shape index (κ3) is 3.76. The van der Waals surface area contributed by atoms with E-state index in [9.17, 15) is 4.79 Å². The minimum Gasteiger partial charge on any atom is -0.392 e. The predicted molar refractivity (Wildman–Crippen MR) is 127 cm³/mol. The zero-order valence-electron chi connectivity index (χ0n) is 19.4. The van der Waals surface area contributed by atoms with Crippen molar-refractivity contribution in [3.8, 4) is 0 Å². The summed E-state index contributed by atoms with van der Waals surface area (Å²) >= 11 is 0. The molecule has 0 N–H and O–H groups in total. The molecule has 0 spiro atoms. The van der Waals surface area contributed by atoms with Crippen molar-refractivity contribution < 1.29 is 9.22 Å². The van der Waals surface area contributed by atoms with E-state index in [-0.39, 0.29) is 5.91 Å². The summed E-state index contributed by atoms with van der Waals surface area (Å²) in [6, 6.07) is 16.6. The van der Waals surface area contributed by atoms with Crippen LogP contribution in [0.1, 0.15) is 42.3 Å². The Morgan fingerprint density at radius 3 is 2.00 bits per heavy atom. The normalized spacial score (nSPS) is 20.2. The quantitative estimate of drug-likeness (QED) is 0.580. The molecule has 0 bridgehead atoms. The molecule has 0 radical (unpaired) electrons. The average Bonchev–Trinajstić information content (AvgIpc) is 2.81. The number of amides is 1. The molecular formula is C24H35NO2Si2. The lowest BCUT2D eigenvalue weighted by Crippen LogP contribution is -2.56. The van der Waals surface area contributed by atoms with Crippen molar-refractivity contribution in [3.05, 3.63) is 65.2 Å². The Morgan fingerprint density at radius 2 is 1.48 bits per heavy atom. The van der Waals surface area contributed by atoms with Gasteiger partial charge in [0, 0.05) is 11.1 Å². The fourth-order valence-corrected chi connectivity index (χ4v) is 7.66. The Balaban J connectivity index is 2.30. The van der Waals surface area contributed by atoms with Gasteiger partial charge in [-0.1, -0.05) is 68.2 Å². The predicted octanol–water partition coefficient (Wildman–Crippen LogP) is 5.65. The van der Waals surface area contributed by atoms with Gasteiger partial charge in [-0.05, 0) is 51.2 Å². The summed E-state index contributed by atoms with van der Waals surface area (Å²) in [4.78, 5) is 16.1. The molecule has 1 aliphatic rings. The van der Waals surface area contributed by atoms with Crippen molar-refractivity contribution in [2.75, 3.05) is 0 Å². The molecule has 29 heavy (non-hydrogen) atoms. The van der Waals surface area contributed by atoms with Crippen LogP contribution in [-0.2, 0) is 15.7 Å². The Bertz CT molecular complexity index is 926. The van der Waals surface area contributed by atoms with Crippen LogP contribution in [0.4, 0.5) is 0 Å². The third-order valence-corrected chi connectivity index (χ3v) is 8.80. The highest BCUT2D eigenvalue weighted by Gasteiger charge is 2.56. The number of rotatable bonds is 5. The number of hydrogen-bond acceptors (Lipinski definition) is 2. The lowest BCUT2D eigenvalue weighted by atomic mass is 9.90. The third-order valence-electron chi connectivity index (χ3n) is 5.76. The van der Waals surface area contributed by atoms with E-state index in [0.717, 1.165) is 16.7 Å². The highest BCUT2D eigenvalue weighted by molar-refractivity contribution is 6.89. The number of carbonyl (C=O) groups excluding carboxylic acids is 1. The van der Waals surface area contributed by atoms with Crippen molar-refractivity contribution >= 4 is 27.5 Å². The van der Waals surface area contributed by atoms with Crippen LogP contribution in [0.3, 0.4) is 0 Å². The van der Waals surface area contributed by atoms with E-state index in [1.54, 1.807) is 0 Å². The molecule has 1 atom stereocenters. The van der Waals surface area contributed by atoms with Gasteiger partial charge in [0.25, 0.3) is 5.91 Å². The van der Waals surface area contributed by atoms with Crippen molar-refractivity contribution in [1.29, 1.82) is 0 Å². The molecule has 0 aromatic heterocycles. The average molecular weight is 426 g/mol. The largest absolute Gasteiger partial charge is 0.392 e. The minimum atomic E-state index is -1.96. The molecule has 3 nitrogen and oxygen atoms in total. The first-order valence-electron chi connectivity index (χ1n) is 10.4. The number of carbonyl (C=O) groups is 1. The smallest absolute Gasteiger partial charge is 0.257 e. The van der Waals surface area contributed by atoms with Crippen molar-refractivity contribution in [2.45, 2.75) is 71.3 Å². The van der Waals surface area contributed by atoms with Crippen LogP contribution in [0.15, 0.2) is 48.5 Å². The molecule has 5 heteroatoms. The first-order valence-corrected chi connectivity index (χ1v) is 17.3. The van der Waals surface area contributed by atoms with Crippen LogP contribution in [0.2, 0.25) is 39.3 Å². The fraction of sp³-hybridized carbons (Fsp3) is 0.458. The molecule has 0 saturated heterocycles. The highest BCUT2D eigenvalue weighted by atomic mass is 28.4. The van der Waals surface area contributed by atoms with Crippen LogP contribution in [0.5, 0.6) is 0 Å². The number of nitrogens with zero attached hydrogens (tertiary/aromatic N) is 1. The lowest BCUT2D eigenvalue weighted by molar-refractivity contribution is -0.0975. The molecule has 1 heterocycles. The molecule has 2 aromatic rings. The Kier molecular flexibility index (Phi) is 5.26. The molecule has 1 aliphatic heterocycles. The van der Waals surface area contributed by atoms with Gasteiger partial charge in [0.1, 0.15) is 0 Å². The summed E-state index contributed by atoms with van der Waals surface area (Å²) in [6.45, 7) is 19.8. The van der Waals surface area contributed by atoms with E-state index in [1.165, 1.54) is 5.19 Å². The van der Waals surface area contributed by atoms with E-state index in [4.69, 9.17) is 4.43 Å². The van der Waals surface area contributed by atoms with Gasteiger partial charge >= 0.3 is 0 Å². The SMILES string of the molecule is CC(C)(c1ccccc1)N1C(=O)c2c(cccc2[Si](C)(C)C)C1(C)O[Si](C)(C)C. The van der Waals surface area contributed by atoms with E-state index >= 15 is 0 Å². The minimum absolute atomic E-state index is 0.0904. The molecule has 3 rings (SSSR count). The van der Waals surface area contributed by atoms with Crippen LogP contribution >= 0.6 is 0 Å². The maximum Gasteiger partial charge on any atom is 0.257 e. The highest BCUT2D eigenvalue weighted by Crippen LogP contribution is 2.48. The monoisotopic (exact) mass is 425 g/mol. The first-order chi connectivity index (χ1) is 13.2. The summed E-state index contributed by atoms with van der Waals surface area (Å²) < 4.78 is 6.83. The maximum absolute atomic E-state index is 14.1. The zero-order valence-corrected chi connectivity index (χ0v) is 21.4. The molecule has 156 valence electrons. The van der Waals surface area contributed by atoms with Gasteiger partial charge in [-0.2, -0.15) is 0 Å². The van der Waals surface area contributed by atoms with Crippen molar-refractivity contribution in [2.24, 2.45) is 0 Å². The summed E-state index contributed by atoms with van der Waals surface area (Å²) in [6.07, 6.45) is 0. The second kappa shape index (κ2) is 6.93. The molecule has 0 saturated carbocycles. The number of fused-ring (bicyclic) bond motifs is 1. The van der Waals surface area contributed by atoms with Gasteiger partial charge in [0.2, 0.25) is 0 Å². The van der Waals surface area contributed by atoms with Gasteiger partial charge in [0.05, 0.1) is 13.6 Å². The Labute approximate surface area is 178 Å². The maximum atomic E-state index is 14.1. The fourth-order valence-electron chi connectivity index (χ4n) is 4.68. The van der Waals surface area contributed by atoms with Gasteiger partial charge < -0.3 is 4.43 Å². The Hall–Kier alpha value is -1.70. The van der Waals surface area contributed by atoms with E-state index in [1.807, 2.05) is 23.1 Å². The second-order valence-corrected chi connectivity index (χ2v) is 20.2. The molecule has 2 aromatic carbocycles. The lowest BCUT2D eigenvalue weighted by Gasteiger charge is -2.48. The topological polar surface area (TPSA) is 29.5 Å². The van der Waals surface area contributed by atoms with Crippen molar-refractivity contribution in [1.82, 2.24) is 4.90 Å². The second-order valence-electron chi connectivity index (χ2n) is 10.7. The van der Waals surface area contributed by atoms with Crippen LogP contribution in [0.25, 0.3) is 0 Å². The van der Waals surface area contributed by atoms with E-state index in [0.29, 0.717) is 0 Å². The van der Waals surface area contributed by atoms with Gasteiger partial charge in [-0.25, -0.2) is 0 Å². The zero-order chi connectivity index (χ0) is 21.8. The first kappa shape index (κ1) is 22.0. The van der Waals surface area contributed by atoms with Gasteiger partial charge in [0.15, 0.2) is 14.0 Å². The van der Waals surface area contributed by atoms with Crippen molar-refractivity contribution in [3.63, 3.8) is 0 Å². The standard InChI is InChI=1S/C24H35NO2Si2/c1-23(2,18-14-11-10-12-15-18)25-22(26)21-19(24(25,3)27-29(7,8)9)16-13-17-20(21)28(4,5)6/h10-17H,1-9H3. The number of hydrogen-bond donors (Lipinski definition) is 0.